The van der Waals surface area contributed by atoms with Crippen LogP contribution in [0.15, 0.2) is 18.2 Å². The SMILES string of the molecule is CC(C)C(C)NC(=O)COc1ccc([N+](=O)[O-])cc1CN. The summed E-state index contributed by atoms with van der Waals surface area (Å²) in [4.78, 5) is 21.9. The molecule has 3 N–H and O–H groups in total. The van der Waals surface area contributed by atoms with Gasteiger partial charge in [-0.25, -0.2) is 0 Å². The molecule has 0 saturated heterocycles. The molecule has 116 valence electrons. The highest BCUT2D eigenvalue weighted by molar-refractivity contribution is 5.77. The van der Waals surface area contributed by atoms with Crippen LogP contribution in [-0.2, 0) is 11.3 Å². The average Bonchev–Trinajstić information content (AvgIpc) is 2.44. The van der Waals surface area contributed by atoms with E-state index in [2.05, 4.69) is 5.32 Å². The summed E-state index contributed by atoms with van der Waals surface area (Å²) in [6.45, 7) is 5.88. The van der Waals surface area contributed by atoms with E-state index in [1.165, 1.54) is 18.2 Å². The van der Waals surface area contributed by atoms with E-state index in [1.54, 1.807) is 0 Å². The second-order valence-electron chi connectivity index (χ2n) is 5.14. The van der Waals surface area contributed by atoms with Gasteiger partial charge in [0, 0.05) is 30.3 Å². The number of rotatable bonds is 7. The molecule has 0 heterocycles. The average molecular weight is 295 g/mol. The molecule has 7 nitrogen and oxygen atoms in total. The van der Waals surface area contributed by atoms with Crippen molar-refractivity contribution in [2.45, 2.75) is 33.4 Å². The zero-order chi connectivity index (χ0) is 16.0. The smallest absolute Gasteiger partial charge is 0.270 e. The number of amides is 1. The number of hydrogen-bond donors (Lipinski definition) is 2. The van der Waals surface area contributed by atoms with Crippen molar-refractivity contribution in [3.05, 3.63) is 33.9 Å². The zero-order valence-electron chi connectivity index (χ0n) is 12.5. The number of benzene rings is 1. The van der Waals surface area contributed by atoms with Crippen molar-refractivity contribution >= 4 is 11.6 Å². The molecule has 1 unspecified atom stereocenters. The minimum absolute atomic E-state index is 0.0481. The number of carbonyl (C=O) groups is 1. The number of nitrogens with one attached hydrogen (secondary N) is 1. The van der Waals surface area contributed by atoms with Crippen LogP contribution in [0.3, 0.4) is 0 Å². The molecule has 21 heavy (non-hydrogen) atoms. The third-order valence-corrected chi connectivity index (χ3v) is 3.22. The first-order valence-corrected chi connectivity index (χ1v) is 6.74. The Kier molecular flexibility index (Phi) is 6.10. The van der Waals surface area contributed by atoms with E-state index in [9.17, 15) is 14.9 Å². The van der Waals surface area contributed by atoms with Crippen LogP contribution in [0.2, 0.25) is 0 Å². The maximum atomic E-state index is 11.7. The second kappa shape index (κ2) is 7.58. The molecule has 0 aliphatic rings. The van der Waals surface area contributed by atoms with E-state index in [-0.39, 0.29) is 30.8 Å². The first-order valence-electron chi connectivity index (χ1n) is 6.74. The van der Waals surface area contributed by atoms with Crippen LogP contribution >= 0.6 is 0 Å². The van der Waals surface area contributed by atoms with Crippen molar-refractivity contribution in [3.63, 3.8) is 0 Å². The summed E-state index contributed by atoms with van der Waals surface area (Å²) >= 11 is 0. The molecule has 0 aromatic heterocycles. The van der Waals surface area contributed by atoms with Gasteiger partial charge in [0.25, 0.3) is 11.6 Å². The van der Waals surface area contributed by atoms with Crippen LogP contribution in [0.5, 0.6) is 5.75 Å². The van der Waals surface area contributed by atoms with Gasteiger partial charge in [-0.15, -0.1) is 0 Å². The third kappa shape index (κ3) is 5.03. The summed E-state index contributed by atoms with van der Waals surface area (Å²) in [5.74, 6) is 0.473. The molecule has 1 aromatic rings. The van der Waals surface area contributed by atoms with Crippen LogP contribution in [-0.4, -0.2) is 23.5 Å². The Morgan fingerprint density at radius 3 is 2.62 bits per heavy atom. The van der Waals surface area contributed by atoms with Crippen molar-refractivity contribution in [1.29, 1.82) is 0 Å². The summed E-state index contributed by atoms with van der Waals surface area (Å²) in [6, 6.07) is 4.18. The Morgan fingerprint density at radius 2 is 2.10 bits per heavy atom. The van der Waals surface area contributed by atoms with Gasteiger partial charge in [-0.05, 0) is 18.9 Å². The minimum Gasteiger partial charge on any atom is -0.483 e. The lowest BCUT2D eigenvalue weighted by Gasteiger charge is -2.18. The largest absolute Gasteiger partial charge is 0.483 e. The third-order valence-electron chi connectivity index (χ3n) is 3.22. The number of nitrogens with two attached hydrogens (primary N) is 1. The van der Waals surface area contributed by atoms with Gasteiger partial charge in [0.05, 0.1) is 4.92 Å². The molecule has 1 amide bonds. The fourth-order valence-corrected chi connectivity index (χ4v) is 1.59. The lowest BCUT2D eigenvalue weighted by atomic mass is 10.1. The van der Waals surface area contributed by atoms with Crippen molar-refractivity contribution < 1.29 is 14.5 Å². The summed E-state index contributed by atoms with van der Waals surface area (Å²) in [5, 5.41) is 13.5. The predicted molar refractivity (Wildman–Crippen MR) is 78.9 cm³/mol. The number of nitrogens with zero attached hydrogens (tertiary/aromatic N) is 1. The second-order valence-corrected chi connectivity index (χ2v) is 5.14. The molecule has 1 aromatic carbocycles. The first-order chi connectivity index (χ1) is 9.85. The summed E-state index contributed by atoms with van der Waals surface area (Å²) < 4.78 is 5.39. The van der Waals surface area contributed by atoms with Gasteiger partial charge in [0.2, 0.25) is 0 Å². The van der Waals surface area contributed by atoms with Crippen molar-refractivity contribution in [2.75, 3.05) is 6.61 Å². The van der Waals surface area contributed by atoms with Crippen molar-refractivity contribution in [3.8, 4) is 5.75 Å². The maximum Gasteiger partial charge on any atom is 0.270 e. The molecule has 1 rings (SSSR count). The Bertz CT molecular complexity index is 517. The van der Waals surface area contributed by atoms with E-state index in [0.717, 1.165) is 0 Å². The normalized spacial score (nSPS) is 12.0. The van der Waals surface area contributed by atoms with E-state index < -0.39 is 4.92 Å². The fraction of sp³-hybridized carbons (Fsp3) is 0.500. The van der Waals surface area contributed by atoms with E-state index in [4.69, 9.17) is 10.5 Å². The van der Waals surface area contributed by atoms with Gasteiger partial charge in [-0.2, -0.15) is 0 Å². The van der Waals surface area contributed by atoms with Gasteiger partial charge in [0.15, 0.2) is 6.61 Å². The topological polar surface area (TPSA) is 107 Å². The number of hydrogen-bond acceptors (Lipinski definition) is 5. The summed E-state index contributed by atoms with van der Waals surface area (Å²) in [5.41, 5.74) is 5.98. The van der Waals surface area contributed by atoms with E-state index in [1.807, 2.05) is 20.8 Å². The first kappa shape index (κ1) is 16.9. The van der Waals surface area contributed by atoms with Crippen LogP contribution < -0.4 is 15.8 Å². The molecular weight excluding hydrogens is 274 g/mol. The predicted octanol–water partition coefficient (Wildman–Crippen LogP) is 1.59. The molecule has 0 saturated carbocycles. The number of nitro groups is 1. The molecule has 0 radical (unpaired) electrons. The Labute approximate surface area is 123 Å². The lowest BCUT2D eigenvalue weighted by molar-refractivity contribution is -0.384. The molecule has 0 aliphatic carbocycles. The molecule has 0 fully saturated rings. The number of ether oxygens (including phenoxy) is 1. The molecule has 7 heteroatoms. The van der Waals surface area contributed by atoms with Gasteiger partial charge in [0.1, 0.15) is 5.75 Å². The van der Waals surface area contributed by atoms with Gasteiger partial charge in [-0.1, -0.05) is 13.8 Å². The highest BCUT2D eigenvalue weighted by Crippen LogP contribution is 2.23. The Hall–Kier alpha value is -2.15. The monoisotopic (exact) mass is 295 g/mol. The van der Waals surface area contributed by atoms with E-state index in [0.29, 0.717) is 17.2 Å². The number of non-ortho nitro benzene ring substituents is 1. The number of carbonyl (C=O) groups excluding carboxylic acids is 1. The van der Waals surface area contributed by atoms with Gasteiger partial charge >= 0.3 is 0 Å². The summed E-state index contributed by atoms with van der Waals surface area (Å²) in [6.07, 6.45) is 0. The van der Waals surface area contributed by atoms with Crippen molar-refractivity contribution in [1.82, 2.24) is 5.32 Å². The fourth-order valence-electron chi connectivity index (χ4n) is 1.59. The van der Waals surface area contributed by atoms with Gasteiger partial charge in [-0.3, -0.25) is 14.9 Å². The van der Waals surface area contributed by atoms with Crippen molar-refractivity contribution in [2.24, 2.45) is 11.7 Å². The molecule has 0 spiro atoms. The molecule has 0 bridgehead atoms. The Balaban J connectivity index is 2.67. The van der Waals surface area contributed by atoms with Gasteiger partial charge < -0.3 is 15.8 Å². The van der Waals surface area contributed by atoms with Crippen LogP contribution in [0.1, 0.15) is 26.3 Å². The molecular formula is C14H21N3O4. The quantitative estimate of drug-likeness (QED) is 0.586. The zero-order valence-corrected chi connectivity index (χ0v) is 12.5. The van der Waals surface area contributed by atoms with Crippen LogP contribution in [0, 0.1) is 16.0 Å². The highest BCUT2D eigenvalue weighted by Gasteiger charge is 2.14. The minimum atomic E-state index is -0.500. The van der Waals surface area contributed by atoms with E-state index >= 15 is 0 Å². The molecule has 0 aliphatic heterocycles. The lowest BCUT2D eigenvalue weighted by Crippen LogP contribution is -2.39. The molecule has 1 atom stereocenters. The standard InChI is InChI=1S/C14H21N3O4/c1-9(2)10(3)16-14(18)8-21-13-5-4-12(17(19)20)6-11(13)7-15/h4-6,9-10H,7-8,15H2,1-3H3,(H,16,18). The summed E-state index contributed by atoms with van der Waals surface area (Å²) in [7, 11) is 0. The van der Waals surface area contributed by atoms with Crippen LogP contribution in [0.4, 0.5) is 5.69 Å². The highest BCUT2D eigenvalue weighted by atomic mass is 16.6. The van der Waals surface area contributed by atoms with Crippen LogP contribution in [0.25, 0.3) is 0 Å². The Morgan fingerprint density at radius 1 is 1.43 bits per heavy atom. The number of nitro benzene ring substituents is 1. The maximum absolute atomic E-state index is 11.7.